The van der Waals surface area contributed by atoms with Crippen LogP contribution >= 0.6 is 0 Å². The first-order valence-electron chi connectivity index (χ1n) is 11.5. The number of hydrogen-bond donors (Lipinski definition) is 0. The van der Waals surface area contributed by atoms with E-state index in [0.717, 1.165) is 0 Å². The van der Waals surface area contributed by atoms with Gasteiger partial charge < -0.3 is 9.80 Å². The van der Waals surface area contributed by atoms with Crippen molar-refractivity contribution in [3.63, 3.8) is 0 Å². The molecule has 0 unspecified atom stereocenters. The van der Waals surface area contributed by atoms with Crippen LogP contribution < -0.4 is 0 Å². The van der Waals surface area contributed by atoms with Gasteiger partial charge in [0.05, 0.1) is 0 Å². The van der Waals surface area contributed by atoms with Crippen LogP contribution in [0.5, 0.6) is 0 Å². The molecule has 152 valence electrons. The number of hydrogen-bond acceptors (Lipinski definition) is 2. The van der Waals surface area contributed by atoms with Crippen molar-refractivity contribution < 1.29 is 0 Å². The summed E-state index contributed by atoms with van der Waals surface area (Å²) in [6.07, 6.45) is 2.43. The molecule has 0 N–H and O–H groups in total. The fraction of sp³-hybridized carbons (Fsp3) is 0.357. The van der Waals surface area contributed by atoms with Gasteiger partial charge >= 0.3 is 0 Å². The van der Waals surface area contributed by atoms with Gasteiger partial charge in [0.1, 0.15) is 0 Å². The van der Waals surface area contributed by atoms with Crippen molar-refractivity contribution in [2.75, 3.05) is 39.8 Å². The van der Waals surface area contributed by atoms with Crippen molar-refractivity contribution in [2.24, 2.45) is 0 Å². The molecule has 30 heavy (non-hydrogen) atoms. The number of nitrogens with zero attached hydrogens (tertiary/aromatic N) is 2. The minimum absolute atomic E-state index is 0.398. The number of benzene rings is 3. The van der Waals surface area contributed by atoms with E-state index in [9.17, 15) is 0 Å². The highest BCUT2D eigenvalue weighted by atomic mass is 15.2. The minimum atomic E-state index is 0.398. The van der Waals surface area contributed by atoms with Crippen LogP contribution in [-0.2, 0) is 6.42 Å². The molecule has 0 aromatic heterocycles. The van der Waals surface area contributed by atoms with E-state index in [1.54, 1.807) is 16.7 Å². The molecule has 3 aromatic carbocycles. The second-order valence-corrected chi connectivity index (χ2v) is 9.29. The third-order valence-electron chi connectivity index (χ3n) is 7.58. The summed E-state index contributed by atoms with van der Waals surface area (Å²) in [7, 11) is 2.23. The number of likely N-dealkylation sites (N-methyl/N-ethyl adjacent to an activating group) is 1. The van der Waals surface area contributed by atoms with Crippen molar-refractivity contribution in [1.82, 2.24) is 9.80 Å². The molecule has 0 atom stereocenters. The van der Waals surface area contributed by atoms with Crippen LogP contribution in [0.25, 0.3) is 0 Å². The zero-order chi connectivity index (χ0) is 20.1. The topological polar surface area (TPSA) is 6.48 Å². The first kappa shape index (κ1) is 18.4. The van der Waals surface area contributed by atoms with E-state index in [-0.39, 0.29) is 0 Å². The Bertz CT molecular complexity index is 1030. The highest BCUT2D eigenvalue weighted by Gasteiger charge is 2.41. The summed E-state index contributed by atoms with van der Waals surface area (Å²) >= 11 is 0. The standard InChI is InChI=1S/C28H30N2/c1-29-16-18-30(19-17-29)15-7-9-20-8-6-14-25-26(20)28-23-12-4-2-10-21(23)27(25)22-11-3-5-13-24(22)28/h2-6,8,10-14,27-28H,7,9,15-19H2,1H3. The number of aryl methyl sites for hydroxylation is 1. The Morgan fingerprint density at radius 3 is 1.87 bits per heavy atom. The average Bonchev–Trinajstić information content (AvgIpc) is 2.80. The zero-order valence-electron chi connectivity index (χ0n) is 17.8. The maximum atomic E-state index is 2.64. The molecule has 7 rings (SSSR count). The van der Waals surface area contributed by atoms with Gasteiger partial charge in [-0.05, 0) is 65.4 Å². The van der Waals surface area contributed by atoms with E-state index in [0.29, 0.717) is 11.8 Å². The fourth-order valence-corrected chi connectivity index (χ4v) is 6.07. The number of piperazine rings is 1. The van der Waals surface area contributed by atoms with Crippen molar-refractivity contribution in [3.05, 3.63) is 106 Å². The van der Waals surface area contributed by atoms with E-state index in [1.165, 1.54) is 67.8 Å². The minimum Gasteiger partial charge on any atom is -0.304 e. The second-order valence-electron chi connectivity index (χ2n) is 9.29. The summed E-state index contributed by atoms with van der Waals surface area (Å²) < 4.78 is 0. The van der Waals surface area contributed by atoms with E-state index >= 15 is 0 Å². The Labute approximate surface area is 180 Å². The molecule has 0 amide bonds. The summed E-state index contributed by atoms with van der Waals surface area (Å²) in [5, 5.41) is 0. The zero-order valence-corrected chi connectivity index (χ0v) is 17.8. The summed E-state index contributed by atoms with van der Waals surface area (Å²) in [6.45, 7) is 6.07. The largest absolute Gasteiger partial charge is 0.304 e. The predicted octanol–water partition coefficient (Wildman–Crippen LogP) is 4.85. The quantitative estimate of drug-likeness (QED) is 0.430. The molecular formula is C28H30N2. The molecule has 2 bridgehead atoms. The maximum absolute atomic E-state index is 2.64. The van der Waals surface area contributed by atoms with Crippen LogP contribution in [0.15, 0.2) is 66.7 Å². The van der Waals surface area contributed by atoms with Gasteiger partial charge in [-0.3, -0.25) is 0 Å². The van der Waals surface area contributed by atoms with Gasteiger partial charge in [0, 0.05) is 38.0 Å². The highest BCUT2D eigenvalue weighted by Crippen LogP contribution is 2.56. The van der Waals surface area contributed by atoms with E-state index < -0.39 is 0 Å². The lowest BCUT2D eigenvalue weighted by Gasteiger charge is -2.43. The Hall–Kier alpha value is -2.42. The van der Waals surface area contributed by atoms with Gasteiger partial charge in [-0.25, -0.2) is 0 Å². The summed E-state index contributed by atoms with van der Waals surface area (Å²) in [5.41, 5.74) is 10.8. The van der Waals surface area contributed by atoms with E-state index in [1.807, 2.05) is 0 Å². The molecule has 0 spiro atoms. The van der Waals surface area contributed by atoms with Crippen LogP contribution in [0.3, 0.4) is 0 Å². The van der Waals surface area contributed by atoms with Crippen LogP contribution in [0.2, 0.25) is 0 Å². The van der Waals surface area contributed by atoms with Gasteiger partial charge in [-0.1, -0.05) is 66.7 Å². The van der Waals surface area contributed by atoms with Gasteiger partial charge in [-0.2, -0.15) is 0 Å². The Kier molecular flexibility index (Phi) is 4.51. The molecule has 1 saturated heterocycles. The third-order valence-corrected chi connectivity index (χ3v) is 7.58. The smallest absolute Gasteiger partial charge is 0.0351 e. The first-order chi connectivity index (χ1) is 14.8. The summed E-state index contributed by atoms with van der Waals surface area (Å²) in [5.74, 6) is 0.798. The SMILES string of the molecule is CN1CCN(CCCc2cccc3c2C2c4ccccc4C3c3ccccc32)CC1. The van der Waals surface area contributed by atoms with Crippen LogP contribution in [0.4, 0.5) is 0 Å². The first-order valence-corrected chi connectivity index (χ1v) is 11.5. The van der Waals surface area contributed by atoms with Gasteiger partial charge in [0.2, 0.25) is 0 Å². The predicted molar refractivity (Wildman–Crippen MR) is 123 cm³/mol. The van der Waals surface area contributed by atoms with Crippen molar-refractivity contribution in [2.45, 2.75) is 24.7 Å². The summed E-state index contributed by atoms with van der Waals surface area (Å²) in [6, 6.07) is 25.4. The molecule has 0 saturated carbocycles. The Morgan fingerprint density at radius 2 is 1.23 bits per heavy atom. The maximum Gasteiger partial charge on any atom is 0.0351 e. The Balaban J connectivity index is 1.33. The van der Waals surface area contributed by atoms with Gasteiger partial charge in [0.15, 0.2) is 0 Å². The van der Waals surface area contributed by atoms with Crippen molar-refractivity contribution in [3.8, 4) is 0 Å². The average molecular weight is 395 g/mol. The lowest BCUT2D eigenvalue weighted by molar-refractivity contribution is 0.153. The van der Waals surface area contributed by atoms with Crippen molar-refractivity contribution >= 4 is 0 Å². The Morgan fingerprint density at radius 1 is 0.667 bits per heavy atom. The van der Waals surface area contributed by atoms with Crippen LogP contribution in [-0.4, -0.2) is 49.6 Å². The molecule has 1 aliphatic heterocycles. The molecule has 2 nitrogen and oxygen atoms in total. The monoisotopic (exact) mass is 394 g/mol. The molecule has 3 aliphatic carbocycles. The van der Waals surface area contributed by atoms with E-state index in [2.05, 4.69) is 83.6 Å². The second kappa shape index (κ2) is 7.37. The van der Waals surface area contributed by atoms with Gasteiger partial charge in [-0.15, -0.1) is 0 Å². The third kappa shape index (κ3) is 2.85. The van der Waals surface area contributed by atoms with Gasteiger partial charge in [0.25, 0.3) is 0 Å². The molecule has 0 radical (unpaired) electrons. The van der Waals surface area contributed by atoms with Crippen molar-refractivity contribution in [1.29, 1.82) is 0 Å². The molecule has 1 heterocycles. The molecule has 2 heteroatoms. The van der Waals surface area contributed by atoms with Crippen LogP contribution in [0, 0.1) is 0 Å². The normalized spacial score (nSPS) is 22.4. The van der Waals surface area contributed by atoms with E-state index in [4.69, 9.17) is 0 Å². The summed E-state index contributed by atoms with van der Waals surface area (Å²) in [4.78, 5) is 5.09. The molecule has 4 aliphatic rings. The lowest BCUT2D eigenvalue weighted by atomic mass is 9.60. The van der Waals surface area contributed by atoms with Crippen LogP contribution in [0.1, 0.15) is 57.2 Å². The molecule has 3 aromatic rings. The number of rotatable bonds is 4. The molecule has 1 fully saturated rings. The lowest BCUT2D eigenvalue weighted by Crippen LogP contribution is -2.44. The highest BCUT2D eigenvalue weighted by molar-refractivity contribution is 5.69. The fourth-order valence-electron chi connectivity index (χ4n) is 6.07. The molecular weight excluding hydrogens is 364 g/mol.